The summed E-state index contributed by atoms with van der Waals surface area (Å²) in [5, 5.41) is 19.4. The number of nitrogens with zero attached hydrogens (tertiary/aromatic N) is 3. The van der Waals surface area contributed by atoms with E-state index in [-0.39, 0.29) is 11.7 Å². The van der Waals surface area contributed by atoms with Crippen molar-refractivity contribution in [2.24, 2.45) is 16.6 Å². The minimum atomic E-state index is -1.25. The van der Waals surface area contributed by atoms with Crippen LogP contribution in [0.5, 0.6) is 5.75 Å². The van der Waals surface area contributed by atoms with Crippen LogP contribution < -0.4 is 5.73 Å². The molecule has 1 atom stereocenters. The number of phenolic OH excluding ortho intramolecular Hbond substituents is 1. The van der Waals surface area contributed by atoms with Crippen LogP contribution in [0.25, 0.3) is 0 Å². The summed E-state index contributed by atoms with van der Waals surface area (Å²) in [6.07, 6.45) is 0.296. The molecule has 0 spiro atoms. The van der Waals surface area contributed by atoms with Gasteiger partial charge in [-0.25, -0.2) is 4.99 Å². The maximum Gasteiger partial charge on any atom is 0.324 e. The fourth-order valence-electron chi connectivity index (χ4n) is 4.31. The summed E-state index contributed by atoms with van der Waals surface area (Å²) < 4.78 is 5.74. The molecule has 4 rings (SSSR count). The fourth-order valence-corrected chi connectivity index (χ4v) is 5.36. The van der Waals surface area contributed by atoms with Crippen LogP contribution in [0.1, 0.15) is 25.8 Å². The van der Waals surface area contributed by atoms with Crippen molar-refractivity contribution in [3.05, 3.63) is 48.0 Å². The van der Waals surface area contributed by atoms with Gasteiger partial charge in [-0.2, -0.15) is 0 Å². The van der Waals surface area contributed by atoms with E-state index in [1.54, 1.807) is 23.9 Å². The highest BCUT2D eigenvalue weighted by molar-refractivity contribution is 7.99. The lowest BCUT2D eigenvalue weighted by Gasteiger charge is -2.36. The summed E-state index contributed by atoms with van der Waals surface area (Å²) in [5.74, 6) is 0.0698. The first-order chi connectivity index (χ1) is 16.8. The van der Waals surface area contributed by atoms with E-state index in [0.717, 1.165) is 59.6 Å². The van der Waals surface area contributed by atoms with Crippen molar-refractivity contribution in [3.8, 4) is 5.75 Å². The first-order valence-electron chi connectivity index (χ1n) is 12.0. The van der Waals surface area contributed by atoms with Crippen molar-refractivity contribution in [1.82, 2.24) is 9.80 Å². The second kappa shape index (κ2) is 11.0. The molecule has 188 valence electrons. The lowest BCUT2D eigenvalue weighted by molar-refractivity contribution is -0.146. The van der Waals surface area contributed by atoms with Crippen LogP contribution in [0.4, 0.5) is 5.69 Å². The van der Waals surface area contributed by atoms with Crippen LogP contribution in [-0.4, -0.2) is 83.3 Å². The number of piperazine rings is 1. The summed E-state index contributed by atoms with van der Waals surface area (Å²) >= 11 is 1.63. The molecule has 2 aromatic rings. The summed E-state index contributed by atoms with van der Waals surface area (Å²) in [5.41, 5.74) is 6.78. The van der Waals surface area contributed by atoms with Gasteiger partial charge in [-0.1, -0.05) is 43.8 Å². The SMILES string of the molecule is CC(C)[C@](N)(CCOCCN1CCN(C2=Nc3ccc(O)cc3Sc3ccccc32)CC1)C(=O)O. The number of nitrogens with two attached hydrogens (primary N) is 1. The third kappa shape index (κ3) is 5.81. The Bertz CT molecular complexity index is 1080. The number of hydrogen-bond acceptors (Lipinski definition) is 8. The van der Waals surface area contributed by atoms with Crippen LogP contribution >= 0.6 is 11.8 Å². The molecule has 2 aliphatic heterocycles. The van der Waals surface area contributed by atoms with E-state index >= 15 is 0 Å². The lowest BCUT2D eigenvalue weighted by Crippen LogP contribution is -2.53. The number of rotatable bonds is 8. The van der Waals surface area contributed by atoms with Crippen molar-refractivity contribution in [2.45, 2.75) is 35.6 Å². The zero-order chi connectivity index (χ0) is 25.0. The van der Waals surface area contributed by atoms with E-state index in [4.69, 9.17) is 15.5 Å². The molecule has 1 fully saturated rings. The number of carbonyl (C=O) groups is 1. The number of aliphatic carboxylic acids is 1. The van der Waals surface area contributed by atoms with Crippen LogP contribution in [0, 0.1) is 5.92 Å². The van der Waals surface area contributed by atoms with Gasteiger partial charge in [0.1, 0.15) is 17.1 Å². The molecule has 0 unspecified atom stereocenters. The maximum absolute atomic E-state index is 11.5. The maximum atomic E-state index is 11.5. The van der Waals surface area contributed by atoms with Gasteiger partial charge in [0.15, 0.2) is 0 Å². The zero-order valence-corrected chi connectivity index (χ0v) is 21.1. The molecule has 0 aromatic heterocycles. The third-order valence-corrected chi connectivity index (χ3v) is 7.95. The highest BCUT2D eigenvalue weighted by atomic mass is 32.2. The molecular weight excluding hydrogens is 464 g/mol. The van der Waals surface area contributed by atoms with Gasteiger partial charge in [0.05, 0.1) is 12.3 Å². The number of ether oxygens (including phenoxy) is 1. The Morgan fingerprint density at radius 3 is 2.60 bits per heavy atom. The molecule has 0 amide bonds. The molecule has 4 N–H and O–H groups in total. The smallest absolute Gasteiger partial charge is 0.324 e. The van der Waals surface area contributed by atoms with Crippen LogP contribution in [-0.2, 0) is 9.53 Å². The topological polar surface area (TPSA) is 112 Å². The summed E-state index contributed by atoms with van der Waals surface area (Å²) in [6.45, 7) is 8.81. The standard InChI is InChI=1S/C26H34N4O4S/c1-18(2)26(27,25(32)33)9-15-34-16-14-29-10-12-30(13-11-29)24-20-5-3-4-6-22(20)35-23-17-19(31)7-8-21(23)28-24/h3-8,17-18,31H,9-16,27H2,1-2H3,(H,32,33)/t26-/m1/s1. The van der Waals surface area contributed by atoms with Crippen molar-refractivity contribution in [2.75, 3.05) is 45.9 Å². The Balaban J connectivity index is 1.33. The van der Waals surface area contributed by atoms with Gasteiger partial charge in [0.2, 0.25) is 0 Å². The van der Waals surface area contributed by atoms with Gasteiger partial charge in [-0.3, -0.25) is 9.69 Å². The van der Waals surface area contributed by atoms with E-state index in [9.17, 15) is 15.0 Å². The summed E-state index contributed by atoms with van der Waals surface area (Å²) in [6, 6.07) is 13.6. The molecule has 0 saturated carbocycles. The monoisotopic (exact) mass is 498 g/mol. The molecule has 8 nitrogen and oxygen atoms in total. The third-order valence-electron chi connectivity index (χ3n) is 6.83. The van der Waals surface area contributed by atoms with Crippen molar-refractivity contribution < 1.29 is 19.7 Å². The highest BCUT2D eigenvalue weighted by Gasteiger charge is 2.37. The number of carboxylic acids is 1. The normalized spacial score (nSPS) is 17.8. The average Bonchev–Trinajstić information content (AvgIpc) is 3.00. The predicted molar refractivity (Wildman–Crippen MR) is 138 cm³/mol. The quantitative estimate of drug-likeness (QED) is 0.475. The Hall–Kier alpha value is -2.59. The lowest BCUT2D eigenvalue weighted by atomic mass is 9.85. The first-order valence-corrected chi connectivity index (χ1v) is 12.9. The molecule has 1 saturated heterocycles. The van der Waals surface area contributed by atoms with Gasteiger partial charge in [0, 0.05) is 54.7 Å². The number of aliphatic imine (C=N–C) groups is 1. The molecule has 2 aromatic carbocycles. The number of hydrogen-bond donors (Lipinski definition) is 3. The second-order valence-corrected chi connectivity index (χ2v) is 10.5. The average molecular weight is 499 g/mol. The minimum Gasteiger partial charge on any atom is -0.508 e. The van der Waals surface area contributed by atoms with Crippen LogP contribution in [0.15, 0.2) is 57.2 Å². The van der Waals surface area contributed by atoms with E-state index < -0.39 is 11.5 Å². The zero-order valence-electron chi connectivity index (χ0n) is 20.3. The van der Waals surface area contributed by atoms with E-state index in [2.05, 4.69) is 21.9 Å². The number of carboxylic acid groups (broad SMARTS) is 1. The molecule has 35 heavy (non-hydrogen) atoms. The number of amidine groups is 1. The minimum absolute atomic E-state index is 0.162. The van der Waals surface area contributed by atoms with E-state index in [0.29, 0.717) is 19.6 Å². The van der Waals surface area contributed by atoms with Crippen molar-refractivity contribution >= 4 is 29.3 Å². The molecular formula is C26H34N4O4S. The molecule has 9 heteroatoms. The van der Waals surface area contributed by atoms with Gasteiger partial charge >= 0.3 is 5.97 Å². The number of aromatic hydroxyl groups is 1. The van der Waals surface area contributed by atoms with Crippen molar-refractivity contribution in [1.29, 1.82) is 0 Å². The number of phenols is 1. The molecule has 0 aliphatic carbocycles. The fraction of sp³-hybridized carbons (Fsp3) is 0.462. The van der Waals surface area contributed by atoms with Crippen LogP contribution in [0.3, 0.4) is 0 Å². The van der Waals surface area contributed by atoms with Gasteiger partial charge in [-0.05, 0) is 36.6 Å². The van der Waals surface area contributed by atoms with Gasteiger partial charge < -0.3 is 25.6 Å². The highest BCUT2D eigenvalue weighted by Crippen LogP contribution is 2.42. The number of fused-ring (bicyclic) bond motifs is 2. The predicted octanol–water partition coefficient (Wildman–Crippen LogP) is 3.40. The molecule has 2 heterocycles. The van der Waals surface area contributed by atoms with Crippen molar-refractivity contribution in [3.63, 3.8) is 0 Å². The second-order valence-electron chi connectivity index (χ2n) is 9.38. The Labute approximate surface area is 210 Å². The van der Waals surface area contributed by atoms with Gasteiger partial charge in [0.25, 0.3) is 0 Å². The first kappa shape index (κ1) is 25.5. The van der Waals surface area contributed by atoms with E-state index in [1.165, 1.54) is 0 Å². The van der Waals surface area contributed by atoms with Crippen LogP contribution in [0.2, 0.25) is 0 Å². The molecule has 0 bridgehead atoms. The van der Waals surface area contributed by atoms with E-state index in [1.807, 2.05) is 32.0 Å². The Morgan fingerprint density at radius 1 is 1.14 bits per heavy atom. The summed E-state index contributed by atoms with van der Waals surface area (Å²) in [7, 11) is 0. The number of benzene rings is 2. The molecule has 2 aliphatic rings. The summed E-state index contributed by atoms with van der Waals surface area (Å²) in [4.78, 5) is 23.3. The molecule has 0 radical (unpaired) electrons. The van der Waals surface area contributed by atoms with Gasteiger partial charge in [-0.15, -0.1) is 0 Å². The largest absolute Gasteiger partial charge is 0.508 e. The Kier molecular flexibility index (Phi) is 8.01. The Morgan fingerprint density at radius 2 is 1.89 bits per heavy atom.